The zero-order chi connectivity index (χ0) is 23.0. The average molecular weight is 441 g/mol. The summed E-state index contributed by atoms with van der Waals surface area (Å²) >= 11 is 0. The normalized spacial score (nSPS) is 12.0. The molecule has 0 saturated heterocycles. The minimum Gasteiger partial charge on any atom is -0.396 e. The second-order valence-electron chi connectivity index (χ2n) is 6.98. The van der Waals surface area contributed by atoms with E-state index in [4.69, 9.17) is 5.11 Å². The first-order chi connectivity index (χ1) is 15.3. The Morgan fingerprint density at radius 3 is 1.44 bits per heavy atom. The van der Waals surface area contributed by atoms with Crippen LogP contribution in [-0.4, -0.2) is 25.3 Å². The highest BCUT2D eigenvalue weighted by atomic mass is 19.4. The van der Waals surface area contributed by atoms with Crippen molar-refractivity contribution in [2.24, 2.45) is 20.5 Å². The summed E-state index contributed by atoms with van der Waals surface area (Å²) < 4.78 is 37.8. The molecule has 0 amide bonds. The fourth-order valence-electron chi connectivity index (χ4n) is 2.74. The van der Waals surface area contributed by atoms with Gasteiger partial charge in [0.15, 0.2) is 0 Å². The highest BCUT2D eigenvalue weighted by molar-refractivity contribution is 5.53. The number of aliphatic hydroxyl groups excluding tert-OH is 1. The number of alkyl halides is 3. The molecule has 0 aliphatic carbocycles. The van der Waals surface area contributed by atoms with Crippen LogP contribution in [0.1, 0.15) is 12.0 Å². The predicted molar refractivity (Wildman–Crippen MR) is 118 cm³/mol. The molecule has 32 heavy (non-hydrogen) atoms. The first kappa shape index (κ1) is 23.1. The van der Waals surface area contributed by atoms with Crippen LogP contribution in [0, 0.1) is 0 Å². The first-order valence-electron chi connectivity index (χ1n) is 9.88. The van der Waals surface area contributed by atoms with Crippen LogP contribution >= 0.6 is 0 Å². The van der Waals surface area contributed by atoms with Gasteiger partial charge in [0.2, 0.25) is 0 Å². The van der Waals surface area contributed by atoms with Gasteiger partial charge in [-0.2, -0.15) is 33.6 Å². The minimum absolute atomic E-state index is 0.159. The lowest BCUT2D eigenvalue weighted by atomic mass is 10.2. The topological polar surface area (TPSA) is 72.9 Å². The Kier molecular flexibility index (Phi) is 7.67. The number of halogens is 3. The number of benzene rings is 3. The largest absolute Gasteiger partial charge is 0.416 e. The Morgan fingerprint density at radius 2 is 1.06 bits per heavy atom. The molecule has 0 saturated carbocycles. The van der Waals surface area contributed by atoms with Crippen molar-refractivity contribution in [2.45, 2.75) is 12.6 Å². The third-order valence-electron chi connectivity index (χ3n) is 4.55. The van der Waals surface area contributed by atoms with Crippen LogP contribution in [0.2, 0.25) is 0 Å². The fraction of sp³-hybridized carbons (Fsp3) is 0.217. The van der Waals surface area contributed by atoms with Crippen molar-refractivity contribution < 1.29 is 18.3 Å². The van der Waals surface area contributed by atoms with Crippen LogP contribution in [-0.2, 0) is 6.18 Å². The van der Waals surface area contributed by atoms with Gasteiger partial charge in [0.25, 0.3) is 0 Å². The van der Waals surface area contributed by atoms with Gasteiger partial charge in [0, 0.05) is 25.9 Å². The molecule has 0 aliphatic heterocycles. The molecule has 0 atom stereocenters. The number of nitrogens with zero attached hydrogens (tertiary/aromatic N) is 5. The quantitative estimate of drug-likeness (QED) is 0.371. The van der Waals surface area contributed by atoms with Gasteiger partial charge in [-0.25, -0.2) is 0 Å². The number of rotatable bonds is 8. The first-order valence-corrected chi connectivity index (χ1v) is 9.88. The summed E-state index contributed by atoms with van der Waals surface area (Å²) in [4.78, 5) is 2.05. The Morgan fingerprint density at radius 1 is 0.688 bits per heavy atom. The zero-order valence-corrected chi connectivity index (χ0v) is 17.4. The maximum atomic E-state index is 12.6. The molecule has 0 heterocycles. The van der Waals surface area contributed by atoms with Gasteiger partial charge in [-0.3, -0.25) is 0 Å². The number of azo groups is 2. The molecule has 6 nitrogen and oxygen atoms in total. The molecule has 3 aromatic carbocycles. The fourth-order valence-corrected chi connectivity index (χ4v) is 2.74. The van der Waals surface area contributed by atoms with Gasteiger partial charge in [-0.1, -0.05) is 0 Å². The van der Waals surface area contributed by atoms with Crippen LogP contribution < -0.4 is 4.90 Å². The smallest absolute Gasteiger partial charge is 0.396 e. The third-order valence-corrected chi connectivity index (χ3v) is 4.55. The standard InChI is InChI=1S/C23H22F3N5O/c1-31(15-2-16-32)22-13-11-21(12-14-22)30-29-20-9-7-19(8-10-20)28-27-18-5-3-17(4-6-18)23(24,25)26/h3-14,32H,2,15-16H2,1H3. The van der Waals surface area contributed by atoms with Gasteiger partial charge in [0.05, 0.1) is 28.3 Å². The molecule has 0 bridgehead atoms. The predicted octanol–water partition coefficient (Wildman–Crippen LogP) is 7.35. The highest BCUT2D eigenvalue weighted by Crippen LogP contribution is 2.31. The van der Waals surface area contributed by atoms with Crippen molar-refractivity contribution >= 4 is 28.4 Å². The van der Waals surface area contributed by atoms with E-state index in [1.807, 2.05) is 31.3 Å². The summed E-state index contributed by atoms with van der Waals surface area (Å²) in [7, 11) is 1.96. The molecule has 0 fully saturated rings. The Labute approximate surface area is 183 Å². The van der Waals surface area contributed by atoms with Crippen molar-refractivity contribution in [3.63, 3.8) is 0 Å². The molecule has 3 rings (SSSR count). The van der Waals surface area contributed by atoms with E-state index in [2.05, 4.69) is 25.4 Å². The van der Waals surface area contributed by atoms with E-state index in [1.165, 1.54) is 12.1 Å². The van der Waals surface area contributed by atoms with Crippen molar-refractivity contribution in [2.75, 3.05) is 25.1 Å². The lowest BCUT2D eigenvalue weighted by Crippen LogP contribution is -2.19. The molecular formula is C23H22F3N5O. The molecule has 1 N–H and O–H groups in total. The molecular weight excluding hydrogens is 419 g/mol. The lowest BCUT2D eigenvalue weighted by molar-refractivity contribution is -0.137. The Hall–Kier alpha value is -3.59. The third kappa shape index (κ3) is 6.71. The summed E-state index contributed by atoms with van der Waals surface area (Å²) in [5, 5.41) is 25.3. The van der Waals surface area contributed by atoms with Crippen LogP contribution in [0.3, 0.4) is 0 Å². The Balaban J connectivity index is 1.58. The molecule has 0 aliphatic rings. The van der Waals surface area contributed by atoms with E-state index >= 15 is 0 Å². The van der Waals surface area contributed by atoms with Crippen LogP contribution in [0.5, 0.6) is 0 Å². The SMILES string of the molecule is CN(CCCO)c1ccc(N=Nc2ccc(N=Nc3ccc(C(F)(F)F)cc3)cc2)cc1. The highest BCUT2D eigenvalue weighted by Gasteiger charge is 2.29. The molecule has 9 heteroatoms. The molecule has 3 aromatic rings. The Bertz CT molecular complexity index is 1050. The maximum Gasteiger partial charge on any atom is 0.416 e. The van der Waals surface area contributed by atoms with Crippen LogP contribution in [0.25, 0.3) is 0 Å². The van der Waals surface area contributed by atoms with E-state index in [0.717, 1.165) is 24.4 Å². The molecule has 0 unspecified atom stereocenters. The van der Waals surface area contributed by atoms with Gasteiger partial charge < -0.3 is 10.0 Å². The van der Waals surface area contributed by atoms with Crippen molar-refractivity contribution in [1.82, 2.24) is 0 Å². The minimum atomic E-state index is -4.38. The van der Waals surface area contributed by atoms with Crippen LogP contribution in [0.15, 0.2) is 93.3 Å². The van der Waals surface area contributed by atoms with E-state index in [-0.39, 0.29) is 6.61 Å². The van der Waals surface area contributed by atoms with E-state index in [0.29, 0.717) is 29.2 Å². The number of hydrogen-bond donors (Lipinski definition) is 1. The van der Waals surface area contributed by atoms with Gasteiger partial charge in [-0.05, 0) is 79.2 Å². The summed E-state index contributed by atoms with van der Waals surface area (Å²) in [6, 6.07) is 18.9. The van der Waals surface area contributed by atoms with Crippen LogP contribution in [0.4, 0.5) is 41.6 Å². The molecule has 0 radical (unpaired) electrons. The second kappa shape index (κ2) is 10.6. The van der Waals surface area contributed by atoms with Gasteiger partial charge in [-0.15, -0.1) is 0 Å². The van der Waals surface area contributed by atoms with E-state index in [1.54, 1.807) is 24.3 Å². The van der Waals surface area contributed by atoms with Gasteiger partial charge in [0.1, 0.15) is 0 Å². The summed E-state index contributed by atoms with van der Waals surface area (Å²) in [5.41, 5.74) is 2.50. The van der Waals surface area contributed by atoms with Crippen molar-refractivity contribution in [3.05, 3.63) is 78.4 Å². The van der Waals surface area contributed by atoms with E-state index in [9.17, 15) is 13.2 Å². The number of hydrogen-bond acceptors (Lipinski definition) is 6. The molecule has 0 aromatic heterocycles. The number of anilines is 1. The molecule has 0 spiro atoms. The second-order valence-corrected chi connectivity index (χ2v) is 6.98. The van der Waals surface area contributed by atoms with Gasteiger partial charge >= 0.3 is 6.18 Å². The summed E-state index contributed by atoms with van der Waals surface area (Å²) in [5.74, 6) is 0. The van der Waals surface area contributed by atoms with Crippen molar-refractivity contribution in [1.29, 1.82) is 0 Å². The number of aliphatic hydroxyl groups is 1. The average Bonchev–Trinajstić information content (AvgIpc) is 2.80. The summed E-state index contributed by atoms with van der Waals surface area (Å²) in [6.07, 6.45) is -3.67. The summed E-state index contributed by atoms with van der Waals surface area (Å²) in [6.45, 7) is 0.922. The zero-order valence-electron chi connectivity index (χ0n) is 17.4. The van der Waals surface area contributed by atoms with E-state index < -0.39 is 11.7 Å². The van der Waals surface area contributed by atoms with Crippen molar-refractivity contribution in [3.8, 4) is 0 Å². The maximum absolute atomic E-state index is 12.6. The molecule has 166 valence electrons. The monoisotopic (exact) mass is 441 g/mol. The lowest BCUT2D eigenvalue weighted by Gasteiger charge is -2.18.